The molecule has 0 aliphatic heterocycles. The molecule has 3 aliphatic rings. The number of halogens is 1. The summed E-state index contributed by atoms with van der Waals surface area (Å²) in [5, 5.41) is 3.04. The van der Waals surface area contributed by atoms with Crippen LogP contribution < -0.4 is 10.1 Å². The van der Waals surface area contributed by atoms with Gasteiger partial charge >= 0.3 is 6.09 Å². The predicted molar refractivity (Wildman–Crippen MR) is 90.4 cm³/mol. The van der Waals surface area contributed by atoms with Gasteiger partial charge in [0.15, 0.2) is 0 Å². The lowest BCUT2D eigenvalue weighted by Gasteiger charge is -2.70. The molecule has 0 aromatic carbocycles. The molecule has 3 aliphatic carbocycles. The van der Waals surface area contributed by atoms with Crippen molar-refractivity contribution in [2.45, 2.75) is 57.6 Å². The standard InChI is InChI=1S/C17H23BrN2O3/c1-15(2,3)23-14(21)20-17-9-16(10-17,11-17)5-7-22-13-8-12(18)4-6-19-13/h4,6,8H,5,7,9-11H2,1-3H3,(H,20,21). The van der Waals surface area contributed by atoms with E-state index >= 15 is 0 Å². The summed E-state index contributed by atoms with van der Waals surface area (Å²) < 4.78 is 12.0. The number of nitrogens with zero attached hydrogens (tertiary/aromatic N) is 1. The summed E-state index contributed by atoms with van der Waals surface area (Å²) in [5.74, 6) is 0.646. The topological polar surface area (TPSA) is 60.5 Å². The van der Waals surface area contributed by atoms with Gasteiger partial charge in [0.2, 0.25) is 5.88 Å². The fraction of sp³-hybridized carbons (Fsp3) is 0.647. The Hall–Kier alpha value is -1.30. The average molecular weight is 383 g/mol. The Morgan fingerprint density at radius 1 is 1.39 bits per heavy atom. The van der Waals surface area contributed by atoms with E-state index in [0.717, 1.165) is 30.2 Å². The van der Waals surface area contributed by atoms with Gasteiger partial charge in [-0.25, -0.2) is 9.78 Å². The molecular formula is C17H23BrN2O3. The highest BCUT2D eigenvalue weighted by atomic mass is 79.9. The van der Waals surface area contributed by atoms with Crippen molar-refractivity contribution < 1.29 is 14.3 Å². The van der Waals surface area contributed by atoms with E-state index in [1.54, 1.807) is 6.20 Å². The minimum Gasteiger partial charge on any atom is -0.478 e. The van der Waals surface area contributed by atoms with Gasteiger partial charge in [-0.05, 0) is 57.9 Å². The number of rotatable bonds is 5. The first-order chi connectivity index (χ1) is 10.7. The highest BCUT2D eigenvalue weighted by Gasteiger charge is 2.68. The fourth-order valence-corrected chi connectivity index (χ4v) is 4.07. The van der Waals surface area contributed by atoms with E-state index in [0.29, 0.717) is 17.9 Å². The van der Waals surface area contributed by atoms with Gasteiger partial charge < -0.3 is 14.8 Å². The summed E-state index contributed by atoms with van der Waals surface area (Å²) in [4.78, 5) is 16.0. The van der Waals surface area contributed by atoms with Crippen LogP contribution in [0.1, 0.15) is 46.5 Å². The van der Waals surface area contributed by atoms with Gasteiger partial charge in [-0.2, -0.15) is 0 Å². The zero-order valence-electron chi connectivity index (χ0n) is 13.8. The number of pyridine rings is 1. The molecule has 3 saturated carbocycles. The van der Waals surface area contributed by atoms with Gasteiger partial charge in [0, 0.05) is 22.3 Å². The quantitative estimate of drug-likeness (QED) is 0.833. The lowest BCUT2D eigenvalue weighted by atomic mass is 9.38. The molecule has 6 heteroatoms. The van der Waals surface area contributed by atoms with Crippen LogP contribution in [-0.2, 0) is 4.74 Å². The third kappa shape index (κ3) is 3.79. The second-order valence-electron chi connectivity index (χ2n) is 7.85. The number of carbonyl (C=O) groups excluding carboxylic acids is 1. The van der Waals surface area contributed by atoms with Crippen molar-refractivity contribution in [2.75, 3.05) is 6.61 Å². The lowest BCUT2D eigenvalue weighted by Crippen LogP contribution is -2.75. The Bertz CT molecular complexity index is 592. The van der Waals surface area contributed by atoms with Gasteiger partial charge in [-0.1, -0.05) is 15.9 Å². The van der Waals surface area contributed by atoms with E-state index in [1.165, 1.54) is 0 Å². The second-order valence-corrected chi connectivity index (χ2v) is 8.76. The number of hydrogen-bond acceptors (Lipinski definition) is 4. The van der Waals surface area contributed by atoms with Gasteiger partial charge in [0.05, 0.1) is 6.61 Å². The van der Waals surface area contributed by atoms with Crippen molar-refractivity contribution in [3.8, 4) is 5.88 Å². The number of nitrogens with one attached hydrogen (secondary N) is 1. The van der Waals surface area contributed by atoms with Crippen molar-refractivity contribution in [1.82, 2.24) is 10.3 Å². The summed E-state index contributed by atoms with van der Waals surface area (Å²) >= 11 is 3.40. The Labute approximate surface area is 145 Å². The van der Waals surface area contributed by atoms with Crippen LogP contribution in [0.2, 0.25) is 0 Å². The molecule has 1 heterocycles. The molecule has 23 heavy (non-hydrogen) atoms. The number of aromatic nitrogens is 1. The minimum atomic E-state index is -0.448. The molecule has 2 bridgehead atoms. The zero-order valence-corrected chi connectivity index (χ0v) is 15.4. The molecule has 4 rings (SSSR count). The van der Waals surface area contributed by atoms with Crippen LogP contribution in [-0.4, -0.2) is 28.8 Å². The Balaban J connectivity index is 1.39. The molecule has 0 atom stereocenters. The first-order valence-electron chi connectivity index (χ1n) is 7.95. The first-order valence-corrected chi connectivity index (χ1v) is 8.74. The first kappa shape index (κ1) is 16.6. The third-order valence-corrected chi connectivity index (χ3v) is 4.98. The van der Waals surface area contributed by atoms with Crippen LogP contribution in [0, 0.1) is 5.41 Å². The molecule has 0 spiro atoms. The van der Waals surface area contributed by atoms with Gasteiger partial charge in [0.25, 0.3) is 0 Å². The average Bonchev–Trinajstić information content (AvgIpc) is 2.32. The van der Waals surface area contributed by atoms with Gasteiger partial charge in [-0.15, -0.1) is 0 Å². The summed E-state index contributed by atoms with van der Waals surface area (Å²) in [7, 11) is 0. The Morgan fingerprint density at radius 2 is 2.09 bits per heavy atom. The Kier molecular flexibility index (Phi) is 4.07. The second kappa shape index (κ2) is 5.65. The maximum absolute atomic E-state index is 11.9. The molecule has 3 fully saturated rings. The molecule has 0 radical (unpaired) electrons. The fourth-order valence-electron chi connectivity index (χ4n) is 3.75. The molecule has 0 unspecified atom stereocenters. The smallest absolute Gasteiger partial charge is 0.408 e. The minimum absolute atomic E-state index is 0.0314. The normalized spacial score (nSPS) is 28.3. The van der Waals surface area contributed by atoms with E-state index in [1.807, 2.05) is 32.9 Å². The van der Waals surface area contributed by atoms with E-state index in [2.05, 4.69) is 26.2 Å². The maximum atomic E-state index is 11.9. The van der Waals surface area contributed by atoms with Crippen LogP contribution in [0.3, 0.4) is 0 Å². The lowest BCUT2D eigenvalue weighted by molar-refractivity contribution is -0.160. The molecular weight excluding hydrogens is 360 g/mol. The summed E-state index contributed by atoms with van der Waals surface area (Å²) in [6, 6.07) is 3.74. The van der Waals surface area contributed by atoms with Crippen molar-refractivity contribution in [2.24, 2.45) is 5.41 Å². The number of alkyl carbamates (subject to hydrolysis) is 1. The highest BCUT2D eigenvalue weighted by molar-refractivity contribution is 9.10. The van der Waals surface area contributed by atoms with Crippen molar-refractivity contribution in [3.05, 3.63) is 22.8 Å². The summed E-state index contributed by atoms with van der Waals surface area (Å²) in [6.45, 7) is 6.29. The maximum Gasteiger partial charge on any atom is 0.408 e. The number of hydrogen-bond donors (Lipinski definition) is 1. The van der Waals surface area contributed by atoms with Crippen LogP contribution in [0.5, 0.6) is 5.88 Å². The molecule has 1 N–H and O–H groups in total. The Morgan fingerprint density at radius 3 is 2.70 bits per heavy atom. The zero-order chi connectivity index (χ0) is 16.7. The van der Waals surface area contributed by atoms with Crippen LogP contribution in [0.15, 0.2) is 22.8 Å². The van der Waals surface area contributed by atoms with Gasteiger partial charge in [-0.3, -0.25) is 0 Å². The summed E-state index contributed by atoms with van der Waals surface area (Å²) in [6.07, 6.45) is 5.48. The van der Waals surface area contributed by atoms with E-state index < -0.39 is 5.60 Å². The molecule has 1 aromatic rings. The molecule has 1 aromatic heterocycles. The summed E-state index contributed by atoms with van der Waals surface area (Å²) in [5.41, 5.74) is -0.145. The number of amides is 1. The third-order valence-electron chi connectivity index (χ3n) is 4.49. The van der Waals surface area contributed by atoms with Crippen LogP contribution in [0.4, 0.5) is 4.79 Å². The van der Waals surface area contributed by atoms with Crippen LogP contribution >= 0.6 is 15.9 Å². The SMILES string of the molecule is CC(C)(C)OC(=O)NC12CC(CCOc3cc(Br)ccn3)(C1)C2. The van der Waals surface area contributed by atoms with Crippen molar-refractivity contribution in [3.63, 3.8) is 0 Å². The van der Waals surface area contributed by atoms with Crippen molar-refractivity contribution in [1.29, 1.82) is 0 Å². The molecule has 0 saturated heterocycles. The monoisotopic (exact) mass is 382 g/mol. The van der Waals surface area contributed by atoms with Gasteiger partial charge in [0.1, 0.15) is 5.60 Å². The van der Waals surface area contributed by atoms with E-state index in [4.69, 9.17) is 9.47 Å². The van der Waals surface area contributed by atoms with E-state index in [9.17, 15) is 4.79 Å². The van der Waals surface area contributed by atoms with E-state index in [-0.39, 0.29) is 11.6 Å². The van der Waals surface area contributed by atoms with Crippen molar-refractivity contribution >= 4 is 22.0 Å². The largest absolute Gasteiger partial charge is 0.478 e. The number of ether oxygens (including phenoxy) is 2. The number of carbonyl (C=O) groups is 1. The van der Waals surface area contributed by atoms with Crippen LogP contribution in [0.25, 0.3) is 0 Å². The molecule has 5 nitrogen and oxygen atoms in total. The molecule has 126 valence electrons. The molecule has 1 amide bonds. The highest BCUT2D eigenvalue weighted by Crippen LogP contribution is 2.68. The predicted octanol–water partition coefficient (Wildman–Crippen LogP) is 4.06.